The number of rotatable bonds is 3. The van der Waals surface area contributed by atoms with Crippen LogP contribution in [0, 0.1) is 5.82 Å². The fraction of sp³-hybridized carbons (Fsp3) is 0.167. The summed E-state index contributed by atoms with van der Waals surface area (Å²) in [7, 11) is -3.68. The van der Waals surface area contributed by atoms with Gasteiger partial charge in [0.05, 0.1) is 22.4 Å². The Balaban J connectivity index is 1.72. The van der Waals surface area contributed by atoms with Crippen molar-refractivity contribution in [3.8, 4) is 5.69 Å². The Kier molecular flexibility index (Phi) is 4.60. The summed E-state index contributed by atoms with van der Waals surface area (Å²) in [4.78, 5) is 12.6. The van der Waals surface area contributed by atoms with Crippen LogP contribution in [0.4, 0.5) is 17.6 Å². The molecular weight excluding hydrogens is 428 g/mol. The molecule has 1 aromatic heterocycles. The number of fused-ring (bicyclic) bond motifs is 1. The fourth-order valence-electron chi connectivity index (χ4n) is 3.27. The molecule has 0 saturated carbocycles. The molecule has 1 aliphatic heterocycles. The number of aromatic nitrogens is 3. The molecule has 1 unspecified atom stereocenters. The predicted octanol–water partition coefficient (Wildman–Crippen LogP) is 2.68. The van der Waals surface area contributed by atoms with Crippen LogP contribution in [0.25, 0.3) is 5.69 Å². The van der Waals surface area contributed by atoms with Crippen molar-refractivity contribution in [3.63, 3.8) is 0 Å². The highest BCUT2D eigenvalue weighted by Gasteiger charge is 2.43. The minimum atomic E-state index is -5.04. The first-order valence-electron chi connectivity index (χ1n) is 8.49. The Morgan fingerprint density at radius 2 is 1.87 bits per heavy atom. The van der Waals surface area contributed by atoms with Crippen molar-refractivity contribution in [2.75, 3.05) is 5.75 Å². The van der Waals surface area contributed by atoms with Crippen molar-refractivity contribution in [2.24, 2.45) is 0 Å². The van der Waals surface area contributed by atoms with E-state index in [1.165, 1.54) is 30.3 Å². The normalized spacial score (nSPS) is 17.5. The van der Waals surface area contributed by atoms with Crippen LogP contribution in [0.15, 0.2) is 53.4 Å². The van der Waals surface area contributed by atoms with Gasteiger partial charge >= 0.3 is 6.18 Å². The molecule has 0 radical (unpaired) electrons. The number of hydrogen-bond donors (Lipinski definition) is 1. The Morgan fingerprint density at radius 1 is 1.13 bits per heavy atom. The number of benzene rings is 2. The van der Waals surface area contributed by atoms with Gasteiger partial charge in [0, 0.05) is 0 Å². The third-order valence-corrected chi connectivity index (χ3v) is 6.34. The summed E-state index contributed by atoms with van der Waals surface area (Å²) in [6, 6.07) is 9.06. The quantitative estimate of drug-likeness (QED) is 0.632. The molecule has 0 spiro atoms. The van der Waals surface area contributed by atoms with Crippen LogP contribution < -0.4 is 5.32 Å². The van der Waals surface area contributed by atoms with E-state index in [9.17, 15) is 30.8 Å². The van der Waals surface area contributed by atoms with E-state index in [2.05, 4.69) is 15.6 Å². The number of hydrogen-bond acceptors (Lipinski definition) is 5. The van der Waals surface area contributed by atoms with Crippen LogP contribution in [0.5, 0.6) is 0 Å². The van der Waals surface area contributed by atoms with E-state index in [1.807, 2.05) is 0 Å². The minimum absolute atomic E-state index is 0.00904. The van der Waals surface area contributed by atoms with Gasteiger partial charge in [-0.15, -0.1) is 5.10 Å². The van der Waals surface area contributed by atoms with Crippen molar-refractivity contribution < 1.29 is 30.8 Å². The number of nitrogens with one attached hydrogen (secondary N) is 1. The number of carbonyl (C=O) groups excluding carboxylic acids is 1. The Morgan fingerprint density at radius 3 is 2.57 bits per heavy atom. The largest absolute Gasteiger partial charge is 0.435 e. The lowest BCUT2D eigenvalue weighted by Crippen LogP contribution is -2.31. The SMILES string of the molecule is O=C(NC1CS(=O)(=O)c2ccccc21)c1nnn(-c2cccc(F)c2)c1C(F)(F)F. The maximum atomic E-state index is 13.7. The molecule has 0 fully saturated rings. The lowest BCUT2D eigenvalue weighted by atomic mass is 10.1. The second kappa shape index (κ2) is 6.90. The topological polar surface area (TPSA) is 93.9 Å². The van der Waals surface area contributed by atoms with Crippen molar-refractivity contribution in [1.82, 2.24) is 20.3 Å². The number of nitrogens with zero attached hydrogens (tertiary/aromatic N) is 3. The van der Waals surface area contributed by atoms with Crippen molar-refractivity contribution in [3.05, 3.63) is 71.3 Å². The van der Waals surface area contributed by atoms with E-state index in [4.69, 9.17) is 0 Å². The van der Waals surface area contributed by atoms with Gasteiger partial charge in [-0.2, -0.15) is 13.2 Å². The second-order valence-corrected chi connectivity index (χ2v) is 8.52. The minimum Gasteiger partial charge on any atom is -0.343 e. The zero-order chi connectivity index (χ0) is 21.7. The molecule has 7 nitrogen and oxygen atoms in total. The highest BCUT2D eigenvalue weighted by atomic mass is 32.2. The molecule has 1 aliphatic rings. The van der Waals surface area contributed by atoms with Crippen LogP contribution in [-0.2, 0) is 16.0 Å². The molecular formula is C18H12F4N4O3S. The molecule has 1 N–H and O–H groups in total. The second-order valence-electron chi connectivity index (χ2n) is 6.52. The fourth-order valence-corrected chi connectivity index (χ4v) is 5.01. The first-order chi connectivity index (χ1) is 14.1. The van der Waals surface area contributed by atoms with E-state index in [-0.39, 0.29) is 16.1 Å². The van der Waals surface area contributed by atoms with Gasteiger partial charge in [-0.1, -0.05) is 29.5 Å². The molecule has 2 heterocycles. The molecule has 156 valence electrons. The van der Waals surface area contributed by atoms with Crippen molar-refractivity contribution >= 4 is 15.7 Å². The van der Waals surface area contributed by atoms with E-state index >= 15 is 0 Å². The van der Waals surface area contributed by atoms with E-state index < -0.39 is 50.9 Å². The maximum absolute atomic E-state index is 13.7. The molecule has 30 heavy (non-hydrogen) atoms. The number of carbonyl (C=O) groups is 1. The van der Waals surface area contributed by atoms with Gasteiger partial charge in [0.1, 0.15) is 5.82 Å². The first-order valence-corrected chi connectivity index (χ1v) is 10.1. The molecule has 0 saturated heterocycles. The maximum Gasteiger partial charge on any atom is 0.435 e. The molecule has 0 aliphatic carbocycles. The van der Waals surface area contributed by atoms with Crippen molar-refractivity contribution in [1.29, 1.82) is 0 Å². The molecule has 0 bridgehead atoms. The smallest absolute Gasteiger partial charge is 0.343 e. The molecule has 1 amide bonds. The van der Waals surface area contributed by atoms with Crippen LogP contribution in [-0.4, -0.2) is 35.1 Å². The summed E-state index contributed by atoms with van der Waals surface area (Å²) in [5, 5.41) is 8.98. The number of sulfone groups is 1. The monoisotopic (exact) mass is 440 g/mol. The molecule has 4 rings (SSSR count). The average Bonchev–Trinajstić information content (AvgIpc) is 3.22. The molecule has 2 aromatic carbocycles. The van der Waals surface area contributed by atoms with Gasteiger partial charge in [0.15, 0.2) is 21.2 Å². The molecule has 1 atom stereocenters. The van der Waals surface area contributed by atoms with Crippen LogP contribution in [0.1, 0.15) is 27.8 Å². The summed E-state index contributed by atoms with van der Waals surface area (Å²) in [6.07, 6.45) is -5.04. The van der Waals surface area contributed by atoms with Gasteiger partial charge in [0.25, 0.3) is 5.91 Å². The lowest BCUT2D eigenvalue weighted by Gasteiger charge is -2.14. The van der Waals surface area contributed by atoms with E-state index in [1.54, 1.807) is 6.07 Å². The van der Waals surface area contributed by atoms with Gasteiger partial charge in [0.2, 0.25) is 0 Å². The van der Waals surface area contributed by atoms with Gasteiger partial charge in [-0.25, -0.2) is 17.5 Å². The summed E-state index contributed by atoms with van der Waals surface area (Å²) in [6.45, 7) is 0. The molecule has 3 aromatic rings. The van der Waals surface area contributed by atoms with Crippen LogP contribution in [0.2, 0.25) is 0 Å². The van der Waals surface area contributed by atoms with Crippen LogP contribution in [0.3, 0.4) is 0 Å². The van der Waals surface area contributed by atoms with Gasteiger partial charge in [-0.3, -0.25) is 4.79 Å². The summed E-state index contributed by atoms with van der Waals surface area (Å²) >= 11 is 0. The van der Waals surface area contributed by atoms with Gasteiger partial charge < -0.3 is 5.32 Å². The van der Waals surface area contributed by atoms with E-state index in [0.29, 0.717) is 4.68 Å². The Labute approximate surface area is 167 Å². The first kappa shape index (κ1) is 20.0. The number of halogens is 4. The van der Waals surface area contributed by atoms with Crippen molar-refractivity contribution in [2.45, 2.75) is 17.1 Å². The third-order valence-electron chi connectivity index (χ3n) is 4.53. The number of amides is 1. The summed E-state index contributed by atoms with van der Waals surface area (Å²) in [5.74, 6) is -2.53. The van der Waals surface area contributed by atoms with Gasteiger partial charge in [-0.05, 0) is 29.8 Å². The lowest BCUT2D eigenvalue weighted by molar-refractivity contribution is -0.143. The van der Waals surface area contributed by atoms with Crippen LogP contribution >= 0.6 is 0 Å². The number of alkyl halides is 3. The summed E-state index contributed by atoms with van der Waals surface area (Å²) < 4.78 is 79.3. The average molecular weight is 440 g/mol. The predicted molar refractivity (Wildman–Crippen MR) is 95.0 cm³/mol. The zero-order valence-corrected chi connectivity index (χ0v) is 15.7. The molecule has 12 heteroatoms. The highest BCUT2D eigenvalue weighted by molar-refractivity contribution is 7.91. The van der Waals surface area contributed by atoms with E-state index in [0.717, 1.165) is 12.1 Å². The highest BCUT2D eigenvalue weighted by Crippen LogP contribution is 2.35. The standard InChI is InChI=1S/C18H12F4N4O3S/c19-10-4-3-5-11(8-10)26-16(18(20,21)22)15(24-25-26)17(27)23-13-9-30(28,29)14-7-2-1-6-12(13)14/h1-8,13H,9H2,(H,23,27). The Hall–Kier alpha value is -3.28. The third kappa shape index (κ3) is 3.43. The summed E-state index contributed by atoms with van der Waals surface area (Å²) in [5.41, 5.74) is -2.55. The Bertz CT molecular complexity index is 1250. The zero-order valence-electron chi connectivity index (χ0n) is 14.9.